The van der Waals surface area contributed by atoms with Crippen LogP contribution in [0.3, 0.4) is 0 Å². The Balaban J connectivity index is 0.000000403. The van der Waals surface area contributed by atoms with Crippen molar-refractivity contribution in [3.63, 3.8) is 0 Å². The van der Waals surface area contributed by atoms with Gasteiger partial charge in [-0.15, -0.1) is 0 Å². The van der Waals surface area contributed by atoms with E-state index in [9.17, 15) is 16.8 Å². The van der Waals surface area contributed by atoms with Gasteiger partial charge in [0.05, 0.1) is 9.79 Å². The summed E-state index contributed by atoms with van der Waals surface area (Å²) in [4.78, 5) is -0.0944. The Hall–Kier alpha value is -1.78. The molecule has 0 aliphatic heterocycles. The van der Waals surface area contributed by atoms with Gasteiger partial charge in [0.25, 0.3) is 20.2 Å². The number of benzene rings is 2. The second kappa shape index (κ2) is 8.18. The summed E-state index contributed by atoms with van der Waals surface area (Å²) in [5, 5.41) is 0. The molecule has 0 aliphatic carbocycles. The first-order valence-corrected chi connectivity index (χ1v) is 8.97. The quantitative estimate of drug-likeness (QED) is 0.778. The lowest BCUT2D eigenvalue weighted by molar-refractivity contribution is 0.480. The smallest absolute Gasteiger partial charge is 0.294 e. The molecule has 0 unspecified atom stereocenters. The van der Waals surface area contributed by atoms with Crippen LogP contribution in [0.4, 0.5) is 0 Å². The van der Waals surface area contributed by atoms with Gasteiger partial charge in [0, 0.05) is 0 Å². The molecule has 0 amide bonds. The Kier molecular flexibility index (Phi) is 7.55. The molecule has 0 heterocycles. The largest absolute Gasteiger partial charge is 0.412 e. The van der Waals surface area contributed by atoms with E-state index in [1.54, 1.807) is 37.3 Å². The molecule has 2 aromatic carbocycles. The van der Waals surface area contributed by atoms with Crippen molar-refractivity contribution in [2.45, 2.75) is 23.6 Å². The molecule has 0 saturated heterocycles. The zero-order valence-corrected chi connectivity index (χ0v) is 14.1. The van der Waals surface area contributed by atoms with E-state index in [0.29, 0.717) is 5.56 Å². The molecule has 0 spiro atoms. The lowest BCUT2D eigenvalue weighted by Crippen LogP contribution is -1.99. The molecule has 0 aliphatic rings. The van der Waals surface area contributed by atoms with Crippen molar-refractivity contribution in [3.8, 4) is 0 Å². The highest BCUT2D eigenvalue weighted by atomic mass is 32.2. The van der Waals surface area contributed by atoms with Gasteiger partial charge in [0.2, 0.25) is 0 Å². The Morgan fingerprint density at radius 2 is 1.22 bits per heavy atom. The second-order valence-electron chi connectivity index (χ2n) is 4.53. The van der Waals surface area contributed by atoms with Crippen LogP contribution < -0.4 is 0 Å². The van der Waals surface area contributed by atoms with Crippen LogP contribution >= 0.6 is 0 Å². The van der Waals surface area contributed by atoms with Gasteiger partial charge < -0.3 is 5.48 Å². The average molecular weight is 362 g/mol. The third-order valence-corrected chi connectivity index (χ3v) is 4.57. The van der Waals surface area contributed by atoms with Crippen molar-refractivity contribution in [2.24, 2.45) is 0 Å². The van der Waals surface area contributed by atoms with Crippen molar-refractivity contribution in [1.29, 1.82) is 0 Å². The van der Waals surface area contributed by atoms with Gasteiger partial charge in [-0.05, 0) is 37.6 Å². The molecular formula is C14H18O7S2. The molecule has 7 nitrogen and oxygen atoms in total. The van der Waals surface area contributed by atoms with Crippen LogP contribution in [0.1, 0.15) is 11.1 Å². The third-order valence-electron chi connectivity index (χ3n) is 2.69. The highest BCUT2D eigenvalue weighted by molar-refractivity contribution is 7.86. The Bertz CT molecular complexity index is 839. The van der Waals surface area contributed by atoms with E-state index in [1.807, 2.05) is 6.92 Å². The zero-order valence-electron chi connectivity index (χ0n) is 12.5. The molecule has 0 bridgehead atoms. The predicted molar refractivity (Wildman–Crippen MR) is 85.6 cm³/mol. The van der Waals surface area contributed by atoms with Crippen molar-refractivity contribution >= 4 is 20.2 Å². The van der Waals surface area contributed by atoms with Crippen molar-refractivity contribution in [2.75, 3.05) is 0 Å². The highest BCUT2D eigenvalue weighted by Crippen LogP contribution is 2.12. The summed E-state index contributed by atoms with van der Waals surface area (Å²) in [5.41, 5.74) is 1.51. The molecule has 0 radical (unpaired) electrons. The van der Waals surface area contributed by atoms with E-state index in [4.69, 9.17) is 9.11 Å². The Morgan fingerprint density at radius 3 is 1.57 bits per heavy atom. The number of hydrogen-bond donors (Lipinski definition) is 2. The maximum absolute atomic E-state index is 10.6. The summed E-state index contributed by atoms with van der Waals surface area (Å²) in [5.74, 6) is 0. The van der Waals surface area contributed by atoms with E-state index >= 15 is 0 Å². The minimum atomic E-state index is -4.03. The van der Waals surface area contributed by atoms with E-state index < -0.39 is 20.2 Å². The van der Waals surface area contributed by atoms with E-state index in [2.05, 4.69) is 0 Å². The summed E-state index contributed by atoms with van der Waals surface area (Å²) in [6.07, 6.45) is 0. The van der Waals surface area contributed by atoms with Crippen LogP contribution in [0, 0.1) is 13.8 Å². The summed E-state index contributed by atoms with van der Waals surface area (Å²) in [6, 6.07) is 12.3. The lowest BCUT2D eigenvalue weighted by atomic mass is 10.2. The SMILES string of the molecule is Cc1ccc(S(=O)(=O)O)cc1.Cc1ccccc1S(=O)(=O)O.O. The molecule has 9 heteroatoms. The lowest BCUT2D eigenvalue weighted by Gasteiger charge is -1.99. The summed E-state index contributed by atoms with van der Waals surface area (Å²) in [6.45, 7) is 3.47. The van der Waals surface area contributed by atoms with Gasteiger partial charge >= 0.3 is 0 Å². The second-order valence-corrected chi connectivity index (χ2v) is 7.34. The Morgan fingerprint density at radius 1 is 0.739 bits per heavy atom. The van der Waals surface area contributed by atoms with E-state index in [1.165, 1.54) is 18.2 Å². The fraction of sp³-hybridized carbons (Fsp3) is 0.143. The first-order chi connectivity index (χ1) is 10.0. The van der Waals surface area contributed by atoms with Gasteiger partial charge in [-0.1, -0.05) is 35.9 Å². The van der Waals surface area contributed by atoms with Crippen molar-refractivity contribution < 1.29 is 31.4 Å². The molecule has 4 N–H and O–H groups in total. The Labute approximate surface area is 135 Å². The number of rotatable bonds is 2. The molecule has 0 fully saturated rings. The summed E-state index contributed by atoms with van der Waals surface area (Å²) >= 11 is 0. The van der Waals surface area contributed by atoms with Gasteiger partial charge in [-0.25, -0.2) is 0 Å². The van der Waals surface area contributed by atoms with Crippen LogP contribution in [-0.2, 0) is 20.2 Å². The van der Waals surface area contributed by atoms with Gasteiger partial charge in [-0.3, -0.25) is 9.11 Å². The molecule has 128 valence electrons. The third kappa shape index (κ3) is 6.89. The van der Waals surface area contributed by atoms with E-state index in [0.717, 1.165) is 5.56 Å². The molecule has 2 rings (SSSR count). The van der Waals surface area contributed by atoms with Crippen LogP contribution in [0.15, 0.2) is 58.3 Å². The normalized spacial score (nSPS) is 11.0. The molecular weight excluding hydrogens is 344 g/mol. The molecule has 23 heavy (non-hydrogen) atoms. The first-order valence-electron chi connectivity index (χ1n) is 6.09. The van der Waals surface area contributed by atoms with Gasteiger partial charge in [0.1, 0.15) is 0 Å². The predicted octanol–water partition coefficient (Wildman–Crippen LogP) is 1.66. The monoisotopic (exact) mass is 362 g/mol. The van der Waals surface area contributed by atoms with Crippen LogP contribution in [-0.4, -0.2) is 31.4 Å². The summed E-state index contributed by atoms with van der Waals surface area (Å²) < 4.78 is 59.4. The number of hydrogen-bond acceptors (Lipinski definition) is 4. The van der Waals surface area contributed by atoms with Crippen LogP contribution in [0.2, 0.25) is 0 Å². The minimum Gasteiger partial charge on any atom is -0.412 e. The fourth-order valence-corrected chi connectivity index (χ4v) is 2.76. The zero-order chi connectivity index (χ0) is 17.0. The fourth-order valence-electron chi connectivity index (χ4n) is 1.56. The van der Waals surface area contributed by atoms with E-state index in [-0.39, 0.29) is 15.3 Å². The molecule has 0 aromatic heterocycles. The van der Waals surface area contributed by atoms with Gasteiger partial charge in [-0.2, -0.15) is 16.8 Å². The molecule has 0 saturated carbocycles. The first kappa shape index (κ1) is 21.2. The standard InChI is InChI=1S/2C7H8O3S.H2O/c1-6-2-4-7(5-3-6)11(8,9)10;1-6-4-2-3-5-7(6)11(8,9)10;/h2*2-5H,1H3,(H,8,9,10);1H2. The maximum atomic E-state index is 10.6. The van der Waals surface area contributed by atoms with Crippen molar-refractivity contribution in [3.05, 3.63) is 59.7 Å². The highest BCUT2D eigenvalue weighted by Gasteiger charge is 2.10. The topological polar surface area (TPSA) is 140 Å². The molecule has 0 atom stereocenters. The summed E-state index contributed by atoms with van der Waals surface area (Å²) in [7, 11) is -8.05. The number of aryl methyl sites for hydroxylation is 2. The van der Waals surface area contributed by atoms with Crippen LogP contribution in [0.5, 0.6) is 0 Å². The molecule has 2 aromatic rings. The minimum absolute atomic E-state index is 0. The van der Waals surface area contributed by atoms with Gasteiger partial charge in [0.15, 0.2) is 0 Å². The van der Waals surface area contributed by atoms with Crippen LogP contribution in [0.25, 0.3) is 0 Å². The average Bonchev–Trinajstić information content (AvgIpc) is 2.38. The van der Waals surface area contributed by atoms with Crippen molar-refractivity contribution in [1.82, 2.24) is 0 Å². The maximum Gasteiger partial charge on any atom is 0.294 e.